The standard InChI is InChI=1S/C16H20N2O11P2.3Na/c19-12-11(7-28-31(26,27)8-30(23,24)25)29-15(13(12)20)18-6-10(14(21)17-16(18)22)9-4-2-1-3-5-9;;;/h1-6,11-13,15,19-20H,7-8H2,(H,26,27)(H,17,21,22)(H2,23,24,25);;;/q;3*+1/p-3/t11-,12-,13-,15-;;;/m1.../s1. The van der Waals surface area contributed by atoms with Crippen LogP contribution in [0.2, 0.25) is 0 Å². The van der Waals surface area contributed by atoms with E-state index in [1.165, 1.54) is 0 Å². The maximum atomic E-state index is 12.3. The smallest absolute Gasteiger partial charge is 0.810 e. The van der Waals surface area contributed by atoms with E-state index in [2.05, 4.69) is 9.51 Å². The summed E-state index contributed by atoms with van der Waals surface area (Å²) >= 11 is 0. The minimum absolute atomic E-state index is 0. The number of nitrogens with zero attached hydrogens (tertiary/aromatic N) is 1. The van der Waals surface area contributed by atoms with Crippen LogP contribution in [-0.4, -0.2) is 50.6 Å². The maximum Gasteiger partial charge on any atom is 1.00 e. The predicted octanol–water partition coefficient (Wildman–Crippen LogP) is -11.7. The van der Waals surface area contributed by atoms with Crippen LogP contribution >= 0.6 is 15.2 Å². The molecule has 2 heterocycles. The summed E-state index contributed by atoms with van der Waals surface area (Å²) in [4.78, 5) is 59.3. The Morgan fingerprint density at radius 2 is 1.62 bits per heavy atom. The molecule has 5 atom stereocenters. The number of aliphatic hydroxyl groups is 2. The van der Waals surface area contributed by atoms with Gasteiger partial charge in [0.1, 0.15) is 25.9 Å². The number of H-pyrrole nitrogens is 1. The number of aromatic nitrogens is 2. The molecule has 0 aliphatic carbocycles. The fraction of sp³-hybridized carbons (Fsp3) is 0.375. The van der Waals surface area contributed by atoms with Gasteiger partial charge in [0, 0.05) is 12.1 Å². The molecule has 3 rings (SSSR count). The maximum absolute atomic E-state index is 12.3. The Kier molecular flexibility index (Phi) is 14.7. The van der Waals surface area contributed by atoms with Crippen LogP contribution in [0.1, 0.15) is 6.23 Å². The van der Waals surface area contributed by atoms with E-state index in [-0.39, 0.29) is 94.2 Å². The summed E-state index contributed by atoms with van der Waals surface area (Å²) < 4.78 is 32.8. The average Bonchev–Trinajstić information content (AvgIpc) is 2.94. The van der Waals surface area contributed by atoms with Crippen molar-refractivity contribution in [2.45, 2.75) is 24.5 Å². The van der Waals surface area contributed by atoms with E-state index in [1.807, 2.05) is 0 Å². The Morgan fingerprint density at radius 1 is 1.03 bits per heavy atom. The number of nitrogens with one attached hydrogen (secondary N) is 1. The minimum Gasteiger partial charge on any atom is -0.810 e. The van der Waals surface area contributed by atoms with Gasteiger partial charge in [-0.1, -0.05) is 37.9 Å². The molecule has 2 aromatic rings. The molecule has 1 saturated heterocycles. The van der Waals surface area contributed by atoms with Crippen molar-refractivity contribution < 1.29 is 132 Å². The number of hydrogen-bond donors (Lipinski definition) is 3. The Morgan fingerprint density at radius 3 is 2.18 bits per heavy atom. The van der Waals surface area contributed by atoms with Crippen molar-refractivity contribution in [2.75, 3.05) is 12.5 Å². The predicted molar refractivity (Wildman–Crippen MR) is 98.7 cm³/mol. The summed E-state index contributed by atoms with van der Waals surface area (Å²) in [7, 11) is -10.5. The molecule has 34 heavy (non-hydrogen) atoms. The van der Waals surface area contributed by atoms with E-state index in [0.717, 1.165) is 10.8 Å². The largest absolute Gasteiger partial charge is 1.00 e. The van der Waals surface area contributed by atoms with E-state index in [0.29, 0.717) is 5.56 Å². The number of ether oxygens (including phenoxy) is 1. The first kappa shape index (κ1) is 35.1. The fourth-order valence-corrected chi connectivity index (χ4v) is 5.43. The van der Waals surface area contributed by atoms with Gasteiger partial charge in [-0.3, -0.25) is 14.3 Å². The second kappa shape index (κ2) is 14.3. The monoisotopic (exact) mass is 544 g/mol. The van der Waals surface area contributed by atoms with Gasteiger partial charge in [-0.2, -0.15) is 0 Å². The van der Waals surface area contributed by atoms with Crippen LogP contribution in [0.25, 0.3) is 11.1 Å². The van der Waals surface area contributed by atoms with Crippen LogP contribution < -0.4 is 115 Å². The van der Waals surface area contributed by atoms with Gasteiger partial charge in [0.05, 0.1) is 12.2 Å². The van der Waals surface area contributed by atoms with Gasteiger partial charge in [0.2, 0.25) is 0 Å². The third-order valence-corrected chi connectivity index (χ3v) is 7.76. The average molecular weight is 544 g/mol. The molecule has 1 aromatic heterocycles. The molecule has 13 nitrogen and oxygen atoms in total. The summed E-state index contributed by atoms with van der Waals surface area (Å²) in [6, 6.07) is 8.24. The Hall–Kier alpha value is 1.08. The van der Waals surface area contributed by atoms with Crippen molar-refractivity contribution >= 4 is 15.2 Å². The SMILES string of the molecule is O=c1[nH]c(=O)n([C@@H]2O[C@H](COP(=O)([O-])CP(=O)([O-])[O-])[C@@H](O)[C@H]2O)cc1-c1ccccc1.[Na+].[Na+].[Na+]. The van der Waals surface area contributed by atoms with Crippen LogP contribution in [0, 0.1) is 0 Å². The van der Waals surface area contributed by atoms with Crippen LogP contribution in [0.15, 0.2) is 46.1 Å². The van der Waals surface area contributed by atoms with E-state index in [9.17, 15) is 43.6 Å². The van der Waals surface area contributed by atoms with Gasteiger partial charge in [0.15, 0.2) is 6.23 Å². The van der Waals surface area contributed by atoms with Crippen LogP contribution in [0.5, 0.6) is 0 Å². The molecule has 1 unspecified atom stereocenters. The van der Waals surface area contributed by atoms with Crippen molar-refractivity contribution in [3.63, 3.8) is 0 Å². The zero-order valence-electron chi connectivity index (χ0n) is 18.6. The van der Waals surface area contributed by atoms with Gasteiger partial charge in [-0.05, 0) is 5.56 Å². The van der Waals surface area contributed by atoms with E-state index < -0.39 is 63.5 Å². The fourth-order valence-electron chi connectivity index (χ4n) is 3.03. The molecule has 1 aliphatic heterocycles. The number of hydrogen-bond acceptors (Lipinski definition) is 11. The Balaban J connectivity index is 0.00000363. The minimum atomic E-state index is -5.41. The van der Waals surface area contributed by atoms with Crippen molar-refractivity contribution in [1.82, 2.24) is 9.55 Å². The molecule has 0 saturated carbocycles. The third-order valence-electron chi connectivity index (χ3n) is 4.45. The van der Waals surface area contributed by atoms with E-state index in [1.54, 1.807) is 30.3 Å². The first-order chi connectivity index (χ1) is 14.4. The van der Waals surface area contributed by atoms with Crippen LogP contribution in [-0.2, 0) is 18.4 Å². The van der Waals surface area contributed by atoms with Gasteiger partial charge in [-0.25, -0.2) is 4.79 Å². The van der Waals surface area contributed by atoms with Crippen LogP contribution in [0.4, 0.5) is 0 Å². The Labute approximate surface area is 259 Å². The number of aliphatic hydroxyl groups excluding tert-OH is 2. The normalized spacial score (nSPS) is 23.7. The molecule has 0 radical (unpaired) electrons. The molecular weight excluding hydrogens is 527 g/mol. The molecule has 18 heteroatoms. The summed E-state index contributed by atoms with van der Waals surface area (Å²) in [6.45, 7) is -0.918. The van der Waals surface area contributed by atoms with Crippen LogP contribution in [0.3, 0.4) is 0 Å². The second-order valence-corrected chi connectivity index (χ2v) is 10.6. The van der Waals surface area contributed by atoms with Crippen molar-refractivity contribution in [1.29, 1.82) is 0 Å². The molecule has 3 N–H and O–H groups in total. The summed E-state index contributed by atoms with van der Waals surface area (Å²) in [6.07, 6.45) is -5.35. The molecule has 1 aromatic carbocycles. The number of aromatic amines is 1. The summed E-state index contributed by atoms with van der Waals surface area (Å²) in [5, 5.41) is 20.4. The van der Waals surface area contributed by atoms with Gasteiger partial charge in [-0.15, -0.1) is 0 Å². The summed E-state index contributed by atoms with van der Waals surface area (Å²) in [5.74, 6) is -1.77. The number of rotatable bonds is 7. The zero-order chi connectivity index (χ0) is 23.0. The first-order valence-electron chi connectivity index (χ1n) is 8.76. The van der Waals surface area contributed by atoms with Crippen molar-refractivity contribution in [2.24, 2.45) is 0 Å². The molecule has 0 bridgehead atoms. The first-order valence-corrected chi connectivity index (χ1v) is 12.2. The van der Waals surface area contributed by atoms with Crippen molar-refractivity contribution in [3.05, 3.63) is 57.4 Å². The second-order valence-electron chi connectivity index (χ2n) is 6.78. The van der Waals surface area contributed by atoms with E-state index in [4.69, 9.17) is 4.74 Å². The Bertz CT molecular complexity index is 1160. The molecular formula is C16H17N2Na3O11P2. The molecule has 170 valence electrons. The van der Waals surface area contributed by atoms with Gasteiger partial charge < -0.3 is 43.3 Å². The van der Waals surface area contributed by atoms with Gasteiger partial charge >= 0.3 is 94.4 Å². The molecule has 0 amide bonds. The van der Waals surface area contributed by atoms with Crippen molar-refractivity contribution in [3.8, 4) is 11.1 Å². The molecule has 1 fully saturated rings. The number of benzene rings is 1. The van der Waals surface area contributed by atoms with Gasteiger partial charge in [0.25, 0.3) is 5.56 Å². The topological polar surface area (TPSA) is 217 Å². The molecule has 0 spiro atoms. The third kappa shape index (κ3) is 9.13. The zero-order valence-corrected chi connectivity index (χ0v) is 26.4. The van der Waals surface area contributed by atoms with E-state index >= 15 is 0 Å². The molecule has 1 aliphatic rings. The summed E-state index contributed by atoms with van der Waals surface area (Å²) in [5.41, 5.74) is -1.14. The quantitative estimate of drug-likeness (QED) is 0.220.